The van der Waals surface area contributed by atoms with E-state index in [2.05, 4.69) is 25.9 Å². The van der Waals surface area contributed by atoms with E-state index >= 15 is 0 Å². The Kier molecular flexibility index (Phi) is 4.24. The van der Waals surface area contributed by atoms with Gasteiger partial charge in [-0.2, -0.15) is 0 Å². The zero-order valence-corrected chi connectivity index (χ0v) is 15.7. The predicted octanol–water partition coefficient (Wildman–Crippen LogP) is 3.75. The fraction of sp³-hybridized carbons (Fsp3) is 0.158. The summed E-state index contributed by atoms with van der Waals surface area (Å²) in [6.07, 6.45) is 0.0607. The number of aromatic amines is 1. The molecule has 0 saturated carbocycles. The van der Waals surface area contributed by atoms with Crippen molar-refractivity contribution >= 4 is 38.4 Å². The minimum absolute atomic E-state index is 0.0363. The highest BCUT2D eigenvalue weighted by Gasteiger charge is 2.44. The summed E-state index contributed by atoms with van der Waals surface area (Å²) in [5, 5.41) is 21.1. The van der Waals surface area contributed by atoms with Gasteiger partial charge < -0.3 is 20.1 Å². The molecule has 0 spiro atoms. The van der Waals surface area contributed by atoms with Crippen LogP contribution in [0, 0.1) is 5.82 Å². The molecule has 1 aliphatic rings. The Hall–Kier alpha value is -2.71. The number of aliphatic hydroxyl groups excluding tert-OH is 2. The Labute approximate surface area is 162 Å². The third-order valence-electron chi connectivity index (χ3n) is 4.68. The number of halogens is 2. The van der Waals surface area contributed by atoms with Crippen LogP contribution in [-0.4, -0.2) is 32.2 Å². The Bertz CT molecular complexity index is 1090. The molecule has 0 fully saturated rings. The lowest BCUT2D eigenvalue weighted by Gasteiger charge is -2.31. The number of benzene rings is 2. The number of ketones is 1. The van der Waals surface area contributed by atoms with Crippen LogP contribution in [0.5, 0.6) is 0 Å². The highest BCUT2D eigenvalue weighted by molar-refractivity contribution is 9.10. The van der Waals surface area contributed by atoms with Crippen LogP contribution >= 0.6 is 15.9 Å². The van der Waals surface area contributed by atoms with Crippen molar-refractivity contribution in [2.45, 2.75) is 19.2 Å². The van der Waals surface area contributed by atoms with Gasteiger partial charge in [0.05, 0.1) is 29.0 Å². The first-order chi connectivity index (χ1) is 12.9. The molecule has 6 nitrogen and oxygen atoms in total. The van der Waals surface area contributed by atoms with E-state index in [0.717, 1.165) is 5.52 Å². The Morgan fingerprint density at radius 3 is 2.78 bits per heavy atom. The molecule has 2 heterocycles. The lowest BCUT2D eigenvalue weighted by Crippen LogP contribution is -2.35. The molecule has 2 unspecified atom stereocenters. The van der Waals surface area contributed by atoms with Crippen molar-refractivity contribution in [3.63, 3.8) is 0 Å². The van der Waals surface area contributed by atoms with Gasteiger partial charge in [0.25, 0.3) is 0 Å². The SMILES string of the molecule is CC(=O)C1=C(O)C(O)N(c2ccc3[nH]cnc3c2)C1c1ccc(Br)cc1F. The molecular formula is C19H15BrFN3O3. The number of fused-ring (bicyclic) bond motifs is 1. The van der Waals surface area contributed by atoms with Gasteiger partial charge in [0.1, 0.15) is 5.82 Å². The summed E-state index contributed by atoms with van der Waals surface area (Å²) in [5.41, 5.74) is 2.07. The number of nitrogens with zero attached hydrogens (tertiary/aromatic N) is 2. The lowest BCUT2D eigenvalue weighted by molar-refractivity contribution is -0.114. The molecule has 138 valence electrons. The van der Waals surface area contributed by atoms with Crippen LogP contribution in [0.1, 0.15) is 18.5 Å². The summed E-state index contributed by atoms with van der Waals surface area (Å²) in [5.74, 6) is -1.47. The number of aliphatic hydroxyl groups is 2. The fourth-order valence-electron chi connectivity index (χ4n) is 3.46. The Balaban J connectivity index is 1.91. The molecule has 27 heavy (non-hydrogen) atoms. The zero-order valence-electron chi connectivity index (χ0n) is 14.1. The number of anilines is 1. The van der Waals surface area contributed by atoms with Gasteiger partial charge in [0.2, 0.25) is 0 Å². The van der Waals surface area contributed by atoms with Crippen molar-refractivity contribution in [1.82, 2.24) is 9.97 Å². The van der Waals surface area contributed by atoms with Crippen LogP contribution in [0.2, 0.25) is 0 Å². The van der Waals surface area contributed by atoms with E-state index in [9.17, 15) is 19.4 Å². The van der Waals surface area contributed by atoms with Gasteiger partial charge in [0, 0.05) is 15.7 Å². The monoisotopic (exact) mass is 431 g/mol. The molecule has 3 N–H and O–H groups in total. The smallest absolute Gasteiger partial charge is 0.187 e. The molecular weight excluding hydrogens is 417 g/mol. The lowest BCUT2D eigenvalue weighted by atomic mass is 9.96. The molecule has 0 radical (unpaired) electrons. The molecule has 2 aromatic carbocycles. The summed E-state index contributed by atoms with van der Waals surface area (Å²) in [4.78, 5) is 20.8. The number of rotatable bonds is 3. The van der Waals surface area contributed by atoms with Crippen molar-refractivity contribution in [3.05, 3.63) is 69.9 Å². The van der Waals surface area contributed by atoms with E-state index in [1.165, 1.54) is 30.3 Å². The number of hydrogen-bond acceptors (Lipinski definition) is 5. The number of carbonyl (C=O) groups excluding carboxylic acids is 1. The molecule has 0 saturated heterocycles. The maximum absolute atomic E-state index is 14.7. The average molecular weight is 432 g/mol. The normalized spacial score (nSPS) is 19.9. The van der Waals surface area contributed by atoms with E-state index in [-0.39, 0.29) is 11.1 Å². The average Bonchev–Trinajstić information content (AvgIpc) is 3.17. The highest BCUT2D eigenvalue weighted by Crippen LogP contribution is 2.44. The number of nitrogens with one attached hydrogen (secondary N) is 1. The van der Waals surface area contributed by atoms with E-state index in [4.69, 9.17) is 0 Å². The van der Waals surface area contributed by atoms with Gasteiger partial charge in [-0.1, -0.05) is 22.0 Å². The van der Waals surface area contributed by atoms with Crippen LogP contribution in [0.25, 0.3) is 11.0 Å². The van der Waals surface area contributed by atoms with Crippen LogP contribution in [-0.2, 0) is 4.79 Å². The third-order valence-corrected chi connectivity index (χ3v) is 5.17. The summed E-state index contributed by atoms with van der Waals surface area (Å²) < 4.78 is 15.3. The highest BCUT2D eigenvalue weighted by atomic mass is 79.9. The van der Waals surface area contributed by atoms with Gasteiger partial charge in [0.15, 0.2) is 17.8 Å². The van der Waals surface area contributed by atoms with Crippen LogP contribution in [0.4, 0.5) is 10.1 Å². The fourth-order valence-corrected chi connectivity index (χ4v) is 3.80. The minimum Gasteiger partial charge on any atom is -0.507 e. The van der Waals surface area contributed by atoms with Gasteiger partial charge in [-0.05, 0) is 37.3 Å². The van der Waals surface area contributed by atoms with Gasteiger partial charge in [-0.3, -0.25) is 4.79 Å². The quantitative estimate of drug-likeness (QED) is 0.587. The van der Waals surface area contributed by atoms with E-state index < -0.39 is 29.6 Å². The first kappa shape index (κ1) is 17.7. The van der Waals surface area contributed by atoms with Crippen LogP contribution in [0.3, 0.4) is 0 Å². The number of Topliss-reactive ketones (excluding diaryl/α,β-unsaturated/α-hetero) is 1. The number of H-pyrrole nitrogens is 1. The van der Waals surface area contributed by atoms with Crippen molar-refractivity contribution in [3.8, 4) is 0 Å². The number of imidazole rings is 1. The molecule has 2 atom stereocenters. The van der Waals surface area contributed by atoms with E-state index in [0.29, 0.717) is 15.7 Å². The van der Waals surface area contributed by atoms with Crippen molar-refractivity contribution in [2.24, 2.45) is 0 Å². The third kappa shape index (κ3) is 2.81. The molecule has 1 aliphatic heterocycles. The largest absolute Gasteiger partial charge is 0.507 e. The molecule has 1 aromatic heterocycles. The first-order valence-electron chi connectivity index (χ1n) is 8.17. The van der Waals surface area contributed by atoms with Crippen LogP contribution < -0.4 is 4.90 Å². The second-order valence-corrected chi connectivity index (χ2v) is 7.22. The second-order valence-electron chi connectivity index (χ2n) is 6.31. The molecule has 4 rings (SSSR count). The molecule has 0 bridgehead atoms. The molecule has 0 aliphatic carbocycles. The maximum atomic E-state index is 14.7. The van der Waals surface area contributed by atoms with Crippen molar-refractivity contribution in [1.29, 1.82) is 0 Å². The predicted molar refractivity (Wildman–Crippen MR) is 102 cm³/mol. The van der Waals surface area contributed by atoms with Crippen molar-refractivity contribution in [2.75, 3.05) is 4.90 Å². The minimum atomic E-state index is -1.48. The van der Waals surface area contributed by atoms with E-state index in [1.807, 2.05) is 0 Å². The van der Waals surface area contributed by atoms with E-state index in [1.54, 1.807) is 24.3 Å². The van der Waals surface area contributed by atoms with Gasteiger partial charge >= 0.3 is 0 Å². The number of hydrogen-bond donors (Lipinski definition) is 3. The molecule has 8 heteroatoms. The summed E-state index contributed by atoms with van der Waals surface area (Å²) in [7, 11) is 0. The summed E-state index contributed by atoms with van der Waals surface area (Å²) in [6.45, 7) is 1.28. The van der Waals surface area contributed by atoms with Gasteiger partial charge in [-0.25, -0.2) is 9.37 Å². The topological polar surface area (TPSA) is 89.5 Å². The van der Waals surface area contributed by atoms with Crippen molar-refractivity contribution < 1.29 is 19.4 Å². The summed E-state index contributed by atoms with van der Waals surface area (Å²) >= 11 is 3.21. The van der Waals surface area contributed by atoms with Gasteiger partial charge in [-0.15, -0.1) is 0 Å². The first-order valence-corrected chi connectivity index (χ1v) is 8.96. The Morgan fingerprint density at radius 2 is 2.07 bits per heavy atom. The van der Waals surface area contributed by atoms with Crippen LogP contribution in [0.15, 0.2) is 58.5 Å². The second kappa shape index (κ2) is 6.47. The molecule has 3 aromatic rings. The maximum Gasteiger partial charge on any atom is 0.187 e. The Morgan fingerprint density at radius 1 is 1.30 bits per heavy atom. The standard InChI is InChI=1S/C19H15BrFN3O3/c1-9(25)16-17(12-4-2-10(20)6-13(12)21)24(19(27)18(16)26)11-3-5-14-15(7-11)23-8-22-14/h2-8,17,19,26-27H,1H3,(H,22,23). The summed E-state index contributed by atoms with van der Waals surface area (Å²) in [6, 6.07) is 8.67. The number of aromatic nitrogens is 2. The molecule has 0 amide bonds. The number of carbonyl (C=O) groups is 1. The zero-order chi connectivity index (χ0) is 19.3.